The van der Waals surface area contributed by atoms with Crippen LogP contribution < -0.4 is 4.74 Å². The average Bonchev–Trinajstić information content (AvgIpc) is 3.38. The Balaban J connectivity index is 0.941. The first-order valence-electron chi connectivity index (χ1n) is 15.0. The molecule has 1 aliphatic carbocycles. The first-order valence-corrected chi connectivity index (χ1v) is 15.0. The third-order valence-electron chi connectivity index (χ3n) is 9.19. The number of aliphatic hydroxyl groups excluding tert-OH is 1. The number of amides is 1. The molecule has 212 valence electrons. The monoisotopic (exact) mass is 548 g/mol. The van der Waals surface area contributed by atoms with E-state index in [0.29, 0.717) is 19.7 Å². The zero-order valence-electron chi connectivity index (χ0n) is 23.7. The molecule has 0 radical (unpaired) electrons. The van der Waals surface area contributed by atoms with Crippen molar-refractivity contribution in [2.45, 2.75) is 43.8 Å². The minimum atomic E-state index is -0.345. The van der Waals surface area contributed by atoms with Gasteiger partial charge in [0.15, 0.2) is 0 Å². The van der Waals surface area contributed by atoms with Crippen LogP contribution in [-0.4, -0.2) is 59.6 Å². The lowest BCUT2D eigenvalue weighted by Gasteiger charge is -2.41. The van der Waals surface area contributed by atoms with Crippen molar-refractivity contribution in [1.82, 2.24) is 9.80 Å². The normalized spacial score (nSPS) is 19.5. The molecule has 2 heterocycles. The molecule has 2 fully saturated rings. The number of ether oxygens (including phenoxy) is 1. The van der Waals surface area contributed by atoms with Gasteiger partial charge in [-0.15, -0.1) is 0 Å². The van der Waals surface area contributed by atoms with E-state index in [1.165, 1.54) is 11.1 Å². The summed E-state index contributed by atoms with van der Waals surface area (Å²) in [4.78, 5) is 17.2. The lowest BCUT2D eigenvalue weighted by Crippen LogP contribution is -2.47. The Morgan fingerprint density at radius 3 is 2.51 bits per heavy atom. The fraction of sp³-hybridized carbons (Fsp3) is 0.361. The summed E-state index contributed by atoms with van der Waals surface area (Å²) in [5.41, 5.74) is 5.06. The number of nitrogens with zero attached hydrogens (tertiary/aromatic N) is 2. The van der Waals surface area contributed by atoms with Gasteiger partial charge in [0.25, 0.3) is 0 Å². The van der Waals surface area contributed by atoms with Crippen molar-refractivity contribution >= 4 is 18.1 Å². The molecule has 3 aliphatic rings. The number of rotatable bonds is 8. The second kappa shape index (κ2) is 12.5. The molecule has 3 aromatic rings. The van der Waals surface area contributed by atoms with Gasteiger partial charge in [0.05, 0.1) is 6.10 Å². The summed E-state index contributed by atoms with van der Waals surface area (Å²) >= 11 is 0. The number of hydrogen-bond donors (Lipinski definition) is 1. The van der Waals surface area contributed by atoms with Gasteiger partial charge in [0.2, 0.25) is 5.91 Å². The minimum absolute atomic E-state index is 0.0276. The fourth-order valence-electron chi connectivity index (χ4n) is 6.65. The van der Waals surface area contributed by atoms with Gasteiger partial charge in [-0.1, -0.05) is 78.9 Å². The second-order valence-corrected chi connectivity index (χ2v) is 11.8. The number of allylic oxidation sites excluding steroid dienone is 1. The first kappa shape index (κ1) is 27.5. The van der Waals surface area contributed by atoms with Crippen LogP contribution in [0.2, 0.25) is 0 Å². The number of β-amino-alcohol motifs (C(OH)–C–C–N with tert-alkyl or cyclic N) is 1. The van der Waals surface area contributed by atoms with E-state index in [-0.39, 0.29) is 23.3 Å². The van der Waals surface area contributed by atoms with E-state index in [0.717, 1.165) is 62.2 Å². The predicted octanol–water partition coefficient (Wildman–Crippen LogP) is 5.94. The molecule has 1 atom stereocenters. The maximum atomic E-state index is 12.9. The summed E-state index contributed by atoms with van der Waals surface area (Å²) in [6.45, 7) is 4.64. The van der Waals surface area contributed by atoms with E-state index in [4.69, 9.17) is 4.74 Å². The fourth-order valence-corrected chi connectivity index (χ4v) is 6.65. The van der Waals surface area contributed by atoms with E-state index < -0.39 is 0 Å². The van der Waals surface area contributed by atoms with E-state index in [1.807, 2.05) is 65.6 Å². The zero-order valence-corrected chi connectivity index (χ0v) is 23.7. The molecule has 1 spiro atoms. The molecule has 2 aliphatic heterocycles. The zero-order chi connectivity index (χ0) is 28.1. The lowest BCUT2D eigenvalue weighted by molar-refractivity contribution is -0.128. The van der Waals surface area contributed by atoms with Gasteiger partial charge >= 0.3 is 0 Å². The topological polar surface area (TPSA) is 53.0 Å². The molecule has 2 saturated heterocycles. The molecule has 1 N–H and O–H groups in total. The van der Waals surface area contributed by atoms with Gasteiger partial charge < -0.3 is 19.6 Å². The second-order valence-electron chi connectivity index (χ2n) is 11.8. The molecule has 0 aromatic heterocycles. The Morgan fingerprint density at radius 1 is 0.951 bits per heavy atom. The number of carbonyl (C=O) groups excluding carboxylic acids is 1. The number of aliphatic hydroxyl groups is 1. The molecule has 6 rings (SSSR count). The Hall–Kier alpha value is -3.67. The highest BCUT2D eigenvalue weighted by Crippen LogP contribution is 2.43. The number of hydrogen-bond acceptors (Lipinski definition) is 4. The highest BCUT2D eigenvalue weighted by Gasteiger charge is 2.38. The molecular weight excluding hydrogens is 508 g/mol. The number of carbonyl (C=O) groups is 1. The van der Waals surface area contributed by atoms with Crippen LogP contribution in [0.15, 0.2) is 91.0 Å². The average molecular weight is 549 g/mol. The van der Waals surface area contributed by atoms with E-state index in [2.05, 4.69) is 41.3 Å². The van der Waals surface area contributed by atoms with Gasteiger partial charge in [0, 0.05) is 31.1 Å². The molecule has 0 bridgehead atoms. The highest BCUT2D eigenvalue weighted by atomic mass is 16.5. The standard InChI is InChI=1S/C36H40N2O3/c39-34(26-37-23-19-36(20-24-37)18-15-30-10-4-5-12-33(30)36)31-16-21-38(22-17-31)35(40)14-13-28-9-6-11-32(25-28)41-27-29-7-2-1-3-8-29/h1-15,18,25,31,34,39H,16-17,19-24,26-27H2/b14-13+. The van der Waals surface area contributed by atoms with Crippen LogP contribution in [0.5, 0.6) is 5.75 Å². The van der Waals surface area contributed by atoms with Crippen molar-refractivity contribution in [3.8, 4) is 5.75 Å². The maximum absolute atomic E-state index is 12.9. The molecular formula is C36H40N2O3. The number of likely N-dealkylation sites (tertiary alicyclic amines) is 2. The molecule has 5 nitrogen and oxygen atoms in total. The summed E-state index contributed by atoms with van der Waals surface area (Å²) < 4.78 is 5.92. The smallest absolute Gasteiger partial charge is 0.246 e. The highest BCUT2D eigenvalue weighted by molar-refractivity contribution is 5.91. The van der Waals surface area contributed by atoms with Crippen molar-refractivity contribution < 1.29 is 14.6 Å². The SMILES string of the molecule is O=C(/C=C/c1cccc(OCc2ccccc2)c1)N1CCC(C(O)CN2CCC3(C=Cc4ccccc43)CC2)CC1. The lowest BCUT2D eigenvalue weighted by atomic mass is 9.74. The first-order chi connectivity index (χ1) is 20.1. The van der Waals surface area contributed by atoms with Crippen LogP contribution in [0.25, 0.3) is 12.2 Å². The largest absolute Gasteiger partial charge is 0.489 e. The Kier molecular flexibility index (Phi) is 8.36. The molecule has 1 unspecified atom stereocenters. The van der Waals surface area contributed by atoms with Crippen molar-refractivity contribution in [1.29, 1.82) is 0 Å². The molecule has 5 heteroatoms. The summed E-state index contributed by atoms with van der Waals surface area (Å²) in [5, 5.41) is 11.1. The molecule has 41 heavy (non-hydrogen) atoms. The molecule has 3 aromatic carbocycles. The summed E-state index contributed by atoms with van der Waals surface area (Å²) in [5.74, 6) is 1.05. The summed E-state index contributed by atoms with van der Waals surface area (Å²) in [7, 11) is 0. The van der Waals surface area contributed by atoms with Gasteiger partial charge in [-0.25, -0.2) is 0 Å². The summed E-state index contributed by atoms with van der Waals surface area (Å²) in [6, 6.07) is 26.7. The van der Waals surface area contributed by atoms with Crippen LogP contribution in [-0.2, 0) is 16.8 Å². The minimum Gasteiger partial charge on any atom is -0.489 e. The van der Waals surface area contributed by atoms with E-state index >= 15 is 0 Å². The van der Waals surface area contributed by atoms with Gasteiger partial charge in [-0.3, -0.25) is 4.79 Å². The Morgan fingerprint density at radius 2 is 1.71 bits per heavy atom. The number of piperidine rings is 2. The third kappa shape index (κ3) is 6.47. The number of fused-ring (bicyclic) bond motifs is 2. The Bertz CT molecular complexity index is 1380. The van der Waals surface area contributed by atoms with Gasteiger partial charge in [-0.05, 0) is 85.2 Å². The molecule has 1 amide bonds. The van der Waals surface area contributed by atoms with Crippen molar-refractivity contribution in [2.24, 2.45) is 5.92 Å². The molecule has 0 saturated carbocycles. The van der Waals surface area contributed by atoms with Crippen molar-refractivity contribution in [3.63, 3.8) is 0 Å². The van der Waals surface area contributed by atoms with Crippen molar-refractivity contribution in [3.05, 3.63) is 113 Å². The van der Waals surface area contributed by atoms with Crippen LogP contribution in [0, 0.1) is 5.92 Å². The number of benzene rings is 3. The van der Waals surface area contributed by atoms with E-state index in [1.54, 1.807) is 6.08 Å². The third-order valence-corrected chi connectivity index (χ3v) is 9.19. The summed E-state index contributed by atoms with van der Waals surface area (Å²) in [6.07, 6.45) is 11.8. The predicted molar refractivity (Wildman–Crippen MR) is 164 cm³/mol. The Labute approximate surface area is 243 Å². The maximum Gasteiger partial charge on any atom is 0.246 e. The van der Waals surface area contributed by atoms with Gasteiger partial charge in [0.1, 0.15) is 12.4 Å². The van der Waals surface area contributed by atoms with Crippen LogP contribution in [0.1, 0.15) is 47.9 Å². The van der Waals surface area contributed by atoms with Crippen LogP contribution in [0.3, 0.4) is 0 Å². The van der Waals surface area contributed by atoms with Gasteiger partial charge in [-0.2, -0.15) is 0 Å². The van der Waals surface area contributed by atoms with Crippen molar-refractivity contribution in [2.75, 3.05) is 32.7 Å². The van der Waals surface area contributed by atoms with Crippen LogP contribution >= 0.6 is 0 Å². The van der Waals surface area contributed by atoms with E-state index in [9.17, 15) is 9.90 Å². The quantitative estimate of drug-likeness (QED) is 0.354. The van der Waals surface area contributed by atoms with Crippen LogP contribution in [0.4, 0.5) is 0 Å².